The van der Waals surface area contributed by atoms with Crippen LogP contribution in [-0.2, 0) is 0 Å². The van der Waals surface area contributed by atoms with Crippen LogP contribution in [-0.4, -0.2) is 6.61 Å². The van der Waals surface area contributed by atoms with Gasteiger partial charge in [-0.15, -0.1) is 0 Å². The van der Waals surface area contributed by atoms with E-state index in [1.165, 1.54) is 5.56 Å². The SMILES string of the molecule is Cc1cc(Br)c2c(c1)C(N)C(C)CO2. The average molecular weight is 256 g/mol. The quantitative estimate of drug-likeness (QED) is 0.774. The van der Waals surface area contributed by atoms with Gasteiger partial charge in [-0.1, -0.05) is 13.0 Å². The largest absolute Gasteiger partial charge is 0.492 e. The Hall–Kier alpha value is -0.540. The van der Waals surface area contributed by atoms with Crippen molar-refractivity contribution in [2.45, 2.75) is 19.9 Å². The fourth-order valence-electron chi connectivity index (χ4n) is 1.78. The predicted molar refractivity (Wildman–Crippen MR) is 60.5 cm³/mol. The van der Waals surface area contributed by atoms with Crippen LogP contribution in [0.4, 0.5) is 0 Å². The van der Waals surface area contributed by atoms with E-state index in [1.807, 2.05) is 0 Å². The van der Waals surface area contributed by atoms with E-state index in [1.54, 1.807) is 0 Å². The van der Waals surface area contributed by atoms with Crippen LogP contribution in [0.5, 0.6) is 5.75 Å². The molecule has 1 aromatic rings. The third-order valence-corrected chi connectivity index (χ3v) is 3.27. The molecule has 0 aromatic heterocycles. The number of nitrogens with two attached hydrogens (primary N) is 1. The molecule has 0 spiro atoms. The minimum atomic E-state index is 0.0925. The van der Waals surface area contributed by atoms with Gasteiger partial charge in [0, 0.05) is 17.5 Å². The molecule has 2 nitrogen and oxygen atoms in total. The Bertz CT molecular complexity index is 365. The van der Waals surface area contributed by atoms with Crippen LogP contribution >= 0.6 is 15.9 Å². The lowest BCUT2D eigenvalue weighted by Crippen LogP contribution is -2.29. The summed E-state index contributed by atoms with van der Waals surface area (Å²) in [6.45, 7) is 4.89. The number of halogens is 1. The summed E-state index contributed by atoms with van der Waals surface area (Å²) in [6.07, 6.45) is 0. The second kappa shape index (κ2) is 3.55. The van der Waals surface area contributed by atoms with E-state index in [2.05, 4.69) is 41.9 Å². The summed E-state index contributed by atoms with van der Waals surface area (Å²) in [7, 11) is 0. The molecule has 1 aliphatic heterocycles. The maximum Gasteiger partial charge on any atom is 0.138 e. The average Bonchev–Trinajstić information content (AvgIpc) is 2.12. The van der Waals surface area contributed by atoms with Crippen LogP contribution in [0.3, 0.4) is 0 Å². The Morgan fingerprint density at radius 3 is 2.93 bits per heavy atom. The van der Waals surface area contributed by atoms with Gasteiger partial charge in [0.1, 0.15) is 5.75 Å². The molecular formula is C11H14BrNO. The third-order valence-electron chi connectivity index (χ3n) is 2.68. The highest BCUT2D eigenvalue weighted by atomic mass is 79.9. The van der Waals surface area contributed by atoms with Crippen LogP contribution in [0.2, 0.25) is 0 Å². The molecule has 2 unspecified atom stereocenters. The molecule has 0 amide bonds. The molecule has 1 heterocycles. The fraction of sp³-hybridized carbons (Fsp3) is 0.455. The normalized spacial score (nSPS) is 25.4. The van der Waals surface area contributed by atoms with Crippen molar-refractivity contribution in [1.82, 2.24) is 0 Å². The second-order valence-electron chi connectivity index (χ2n) is 3.98. The lowest BCUT2D eigenvalue weighted by atomic mass is 9.92. The fourth-order valence-corrected chi connectivity index (χ4v) is 2.49. The van der Waals surface area contributed by atoms with E-state index in [0.717, 1.165) is 15.8 Å². The minimum Gasteiger partial charge on any atom is -0.492 e. The molecule has 0 aliphatic carbocycles. The van der Waals surface area contributed by atoms with Crippen molar-refractivity contribution < 1.29 is 4.74 Å². The van der Waals surface area contributed by atoms with Crippen LogP contribution in [0, 0.1) is 12.8 Å². The van der Waals surface area contributed by atoms with E-state index >= 15 is 0 Å². The van der Waals surface area contributed by atoms with Gasteiger partial charge in [0.05, 0.1) is 11.1 Å². The number of benzene rings is 1. The van der Waals surface area contributed by atoms with Crippen LogP contribution in [0.1, 0.15) is 24.1 Å². The highest BCUT2D eigenvalue weighted by molar-refractivity contribution is 9.10. The van der Waals surface area contributed by atoms with Gasteiger partial charge in [0.2, 0.25) is 0 Å². The Balaban J connectivity index is 2.54. The van der Waals surface area contributed by atoms with E-state index in [9.17, 15) is 0 Å². The third kappa shape index (κ3) is 1.55. The monoisotopic (exact) mass is 255 g/mol. The summed E-state index contributed by atoms with van der Waals surface area (Å²) in [6, 6.07) is 4.26. The van der Waals surface area contributed by atoms with Crippen molar-refractivity contribution in [3.63, 3.8) is 0 Å². The number of hydrogen-bond acceptors (Lipinski definition) is 2. The lowest BCUT2D eigenvalue weighted by molar-refractivity contribution is 0.206. The van der Waals surface area contributed by atoms with Crippen molar-refractivity contribution in [2.75, 3.05) is 6.61 Å². The summed E-state index contributed by atoms with van der Waals surface area (Å²) >= 11 is 3.50. The van der Waals surface area contributed by atoms with Crippen LogP contribution < -0.4 is 10.5 Å². The van der Waals surface area contributed by atoms with Crippen LogP contribution in [0.15, 0.2) is 16.6 Å². The van der Waals surface area contributed by atoms with Gasteiger partial charge >= 0.3 is 0 Å². The summed E-state index contributed by atoms with van der Waals surface area (Å²) < 4.78 is 6.67. The van der Waals surface area contributed by atoms with Crippen molar-refractivity contribution >= 4 is 15.9 Å². The van der Waals surface area contributed by atoms with Gasteiger partial charge in [0.25, 0.3) is 0 Å². The Kier molecular flexibility index (Phi) is 2.54. The predicted octanol–water partition coefficient (Wildman–Crippen LogP) is 2.79. The molecule has 0 saturated carbocycles. The van der Waals surface area contributed by atoms with Gasteiger partial charge in [-0.2, -0.15) is 0 Å². The highest BCUT2D eigenvalue weighted by Gasteiger charge is 2.26. The number of ether oxygens (including phenoxy) is 1. The first-order valence-corrected chi connectivity index (χ1v) is 5.57. The van der Waals surface area contributed by atoms with Crippen molar-refractivity contribution in [2.24, 2.45) is 11.7 Å². The number of fused-ring (bicyclic) bond motifs is 1. The molecule has 76 valence electrons. The molecule has 1 aromatic carbocycles. The molecular weight excluding hydrogens is 242 g/mol. The first kappa shape index (κ1) is 9.99. The number of aryl methyl sites for hydroxylation is 1. The zero-order valence-electron chi connectivity index (χ0n) is 8.38. The standard InChI is InChI=1S/C11H14BrNO/c1-6-3-8-10(13)7(2)5-14-11(8)9(12)4-6/h3-4,7,10H,5,13H2,1-2H3. The zero-order chi connectivity index (χ0) is 10.3. The maximum atomic E-state index is 6.13. The highest BCUT2D eigenvalue weighted by Crippen LogP contribution is 2.39. The molecule has 3 heteroatoms. The lowest BCUT2D eigenvalue weighted by Gasteiger charge is -2.29. The smallest absolute Gasteiger partial charge is 0.138 e. The summed E-state index contributed by atoms with van der Waals surface area (Å²) in [5, 5.41) is 0. The molecule has 0 fully saturated rings. The Morgan fingerprint density at radius 1 is 1.50 bits per heavy atom. The number of rotatable bonds is 0. The Labute approximate surface area is 92.6 Å². The van der Waals surface area contributed by atoms with Crippen LogP contribution in [0.25, 0.3) is 0 Å². The van der Waals surface area contributed by atoms with E-state index in [-0.39, 0.29) is 6.04 Å². The maximum absolute atomic E-state index is 6.13. The molecule has 2 atom stereocenters. The summed E-state index contributed by atoms with van der Waals surface area (Å²) in [5.41, 5.74) is 8.46. The topological polar surface area (TPSA) is 35.2 Å². The summed E-state index contributed by atoms with van der Waals surface area (Å²) in [4.78, 5) is 0. The molecule has 14 heavy (non-hydrogen) atoms. The van der Waals surface area contributed by atoms with Crippen molar-refractivity contribution in [1.29, 1.82) is 0 Å². The zero-order valence-corrected chi connectivity index (χ0v) is 9.97. The summed E-state index contributed by atoms with van der Waals surface area (Å²) in [5.74, 6) is 1.30. The van der Waals surface area contributed by atoms with Crippen molar-refractivity contribution in [3.05, 3.63) is 27.7 Å². The molecule has 0 saturated heterocycles. The Morgan fingerprint density at radius 2 is 2.21 bits per heavy atom. The number of hydrogen-bond donors (Lipinski definition) is 1. The van der Waals surface area contributed by atoms with Gasteiger partial charge in [-0.25, -0.2) is 0 Å². The van der Waals surface area contributed by atoms with E-state index < -0.39 is 0 Å². The molecule has 0 radical (unpaired) electrons. The van der Waals surface area contributed by atoms with Gasteiger partial charge in [-0.3, -0.25) is 0 Å². The molecule has 2 N–H and O–H groups in total. The second-order valence-corrected chi connectivity index (χ2v) is 4.83. The van der Waals surface area contributed by atoms with E-state index in [0.29, 0.717) is 12.5 Å². The minimum absolute atomic E-state index is 0.0925. The first-order valence-electron chi connectivity index (χ1n) is 4.78. The van der Waals surface area contributed by atoms with Gasteiger partial charge in [-0.05, 0) is 34.5 Å². The molecule has 2 rings (SSSR count). The van der Waals surface area contributed by atoms with Crippen molar-refractivity contribution in [3.8, 4) is 5.75 Å². The first-order chi connectivity index (χ1) is 6.59. The van der Waals surface area contributed by atoms with Gasteiger partial charge < -0.3 is 10.5 Å². The van der Waals surface area contributed by atoms with E-state index in [4.69, 9.17) is 10.5 Å². The molecule has 0 bridgehead atoms. The van der Waals surface area contributed by atoms with Gasteiger partial charge in [0.15, 0.2) is 0 Å². The molecule has 1 aliphatic rings.